The van der Waals surface area contributed by atoms with Crippen LogP contribution >= 0.6 is 0 Å². The number of amides is 1. The van der Waals surface area contributed by atoms with E-state index in [1.165, 1.54) is 12.1 Å². The normalized spacial score (nSPS) is 11.9. The second-order valence-corrected chi connectivity index (χ2v) is 5.38. The maximum Gasteiger partial charge on any atom is 0.416 e. The summed E-state index contributed by atoms with van der Waals surface area (Å²) in [5.74, 6) is -0.482. The Morgan fingerprint density at radius 3 is 2.00 bits per heavy atom. The molecule has 3 nitrogen and oxygen atoms in total. The molecule has 0 aliphatic carbocycles. The van der Waals surface area contributed by atoms with E-state index < -0.39 is 29.4 Å². The van der Waals surface area contributed by atoms with E-state index in [1.807, 2.05) is 0 Å². The van der Waals surface area contributed by atoms with Gasteiger partial charge in [0.25, 0.3) is 0 Å². The number of benzene rings is 2. The van der Waals surface area contributed by atoms with E-state index in [4.69, 9.17) is 0 Å². The predicted octanol–water partition coefficient (Wildman–Crippen LogP) is 5.16. The summed E-state index contributed by atoms with van der Waals surface area (Å²) >= 11 is 0. The molecule has 0 bridgehead atoms. The Morgan fingerprint density at radius 2 is 1.42 bits per heavy atom. The molecule has 0 fully saturated rings. The third-order valence-corrected chi connectivity index (χ3v) is 3.37. The Kier molecular flexibility index (Phi) is 5.79. The van der Waals surface area contributed by atoms with Crippen molar-refractivity contribution in [2.45, 2.75) is 18.8 Å². The molecule has 0 aliphatic heterocycles. The Labute approximate surface area is 145 Å². The van der Waals surface area contributed by atoms with Crippen LogP contribution in [-0.4, -0.2) is 12.5 Å². The van der Waals surface area contributed by atoms with Crippen molar-refractivity contribution < 1.29 is 31.1 Å². The fraction of sp³-hybridized carbons (Fsp3) is 0.235. The van der Waals surface area contributed by atoms with Crippen LogP contribution < -0.4 is 10.6 Å². The molecular formula is C17H14F6N2O. The summed E-state index contributed by atoms with van der Waals surface area (Å²) in [7, 11) is 0. The highest BCUT2D eigenvalue weighted by atomic mass is 19.4. The lowest BCUT2D eigenvalue weighted by Crippen LogP contribution is -2.16. The molecule has 2 aromatic rings. The van der Waals surface area contributed by atoms with Crippen molar-refractivity contribution in [2.75, 3.05) is 17.2 Å². The van der Waals surface area contributed by atoms with Crippen molar-refractivity contribution in [2.24, 2.45) is 0 Å². The Bertz CT molecular complexity index is 753. The van der Waals surface area contributed by atoms with Crippen LogP contribution in [0.4, 0.5) is 37.7 Å². The SMILES string of the molecule is O=C(CCNc1cccc(C(F)(F)F)c1)Nc1ccc(C(F)(F)F)cc1. The smallest absolute Gasteiger partial charge is 0.385 e. The molecule has 0 saturated heterocycles. The number of halogens is 6. The highest BCUT2D eigenvalue weighted by Crippen LogP contribution is 2.31. The third kappa shape index (κ3) is 5.68. The molecule has 2 aromatic carbocycles. The average molecular weight is 376 g/mol. The average Bonchev–Trinajstić information content (AvgIpc) is 2.54. The Morgan fingerprint density at radius 1 is 0.808 bits per heavy atom. The molecule has 1 amide bonds. The number of nitrogens with one attached hydrogen (secondary N) is 2. The fourth-order valence-electron chi connectivity index (χ4n) is 2.09. The van der Waals surface area contributed by atoms with Gasteiger partial charge in [-0.3, -0.25) is 4.79 Å². The van der Waals surface area contributed by atoms with Gasteiger partial charge in [-0.1, -0.05) is 6.07 Å². The molecule has 0 saturated carbocycles. The Balaban J connectivity index is 1.84. The zero-order chi connectivity index (χ0) is 19.4. The van der Waals surface area contributed by atoms with Crippen molar-refractivity contribution in [3.8, 4) is 0 Å². The molecule has 0 aromatic heterocycles. The largest absolute Gasteiger partial charge is 0.416 e. The third-order valence-electron chi connectivity index (χ3n) is 3.37. The molecule has 0 atom stereocenters. The zero-order valence-electron chi connectivity index (χ0n) is 13.2. The number of hydrogen-bond donors (Lipinski definition) is 2. The molecule has 26 heavy (non-hydrogen) atoms. The Hall–Kier alpha value is -2.71. The number of anilines is 2. The van der Waals surface area contributed by atoms with Gasteiger partial charge in [-0.25, -0.2) is 0 Å². The first kappa shape index (κ1) is 19.6. The summed E-state index contributed by atoms with van der Waals surface area (Å²) in [5.41, 5.74) is -1.23. The van der Waals surface area contributed by atoms with E-state index in [2.05, 4.69) is 10.6 Å². The summed E-state index contributed by atoms with van der Waals surface area (Å²) in [5, 5.41) is 5.11. The first-order valence-electron chi connectivity index (χ1n) is 7.44. The summed E-state index contributed by atoms with van der Waals surface area (Å²) in [6, 6.07) is 8.47. The van der Waals surface area contributed by atoms with E-state index in [0.717, 1.165) is 36.4 Å². The summed E-state index contributed by atoms with van der Waals surface area (Å²) in [4.78, 5) is 11.8. The maximum atomic E-state index is 12.6. The molecule has 0 radical (unpaired) electrons. The van der Waals surface area contributed by atoms with Crippen molar-refractivity contribution in [3.05, 3.63) is 59.7 Å². The highest BCUT2D eigenvalue weighted by molar-refractivity contribution is 5.91. The second-order valence-electron chi connectivity index (χ2n) is 5.38. The number of carbonyl (C=O) groups is 1. The van der Waals surface area contributed by atoms with Crippen LogP contribution in [0, 0.1) is 0 Å². The molecule has 0 unspecified atom stereocenters. The van der Waals surface area contributed by atoms with E-state index in [9.17, 15) is 31.1 Å². The molecule has 9 heteroatoms. The predicted molar refractivity (Wildman–Crippen MR) is 84.6 cm³/mol. The first-order valence-corrected chi connectivity index (χ1v) is 7.44. The number of carbonyl (C=O) groups excluding carboxylic acids is 1. The van der Waals surface area contributed by atoms with Gasteiger partial charge in [0.2, 0.25) is 5.91 Å². The number of hydrogen-bond acceptors (Lipinski definition) is 2. The minimum absolute atomic E-state index is 0.0633. The quantitative estimate of drug-likeness (QED) is 0.708. The van der Waals surface area contributed by atoms with Crippen molar-refractivity contribution >= 4 is 17.3 Å². The lowest BCUT2D eigenvalue weighted by molar-refractivity contribution is -0.138. The van der Waals surface area contributed by atoms with E-state index >= 15 is 0 Å². The van der Waals surface area contributed by atoms with Gasteiger partial charge in [-0.2, -0.15) is 26.3 Å². The van der Waals surface area contributed by atoms with E-state index in [1.54, 1.807) is 0 Å². The topological polar surface area (TPSA) is 41.1 Å². The van der Waals surface area contributed by atoms with Gasteiger partial charge in [-0.05, 0) is 42.5 Å². The monoisotopic (exact) mass is 376 g/mol. The molecule has 0 spiro atoms. The molecule has 0 aliphatic rings. The minimum Gasteiger partial charge on any atom is -0.385 e. The van der Waals surface area contributed by atoms with Gasteiger partial charge < -0.3 is 10.6 Å². The zero-order valence-corrected chi connectivity index (χ0v) is 13.2. The van der Waals surface area contributed by atoms with E-state index in [0.29, 0.717) is 0 Å². The van der Waals surface area contributed by atoms with Crippen LogP contribution in [0.1, 0.15) is 17.5 Å². The van der Waals surface area contributed by atoms with Gasteiger partial charge in [0.05, 0.1) is 11.1 Å². The van der Waals surface area contributed by atoms with Gasteiger partial charge in [-0.15, -0.1) is 0 Å². The molecule has 2 N–H and O–H groups in total. The highest BCUT2D eigenvalue weighted by Gasteiger charge is 2.30. The summed E-state index contributed by atoms with van der Waals surface area (Å²) in [6.45, 7) is 0.0633. The van der Waals surface area contributed by atoms with Crippen LogP contribution in [0.5, 0.6) is 0 Å². The molecule has 140 valence electrons. The maximum absolute atomic E-state index is 12.6. The van der Waals surface area contributed by atoms with Gasteiger partial charge >= 0.3 is 12.4 Å². The molecular weight excluding hydrogens is 362 g/mol. The minimum atomic E-state index is -4.46. The van der Waals surface area contributed by atoms with Gasteiger partial charge in [0.1, 0.15) is 0 Å². The van der Waals surface area contributed by atoms with Crippen LogP contribution in [0.2, 0.25) is 0 Å². The van der Waals surface area contributed by atoms with Crippen molar-refractivity contribution in [3.63, 3.8) is 0 Å². The lowest BCUT2D eigenvalue weighted by Gasteiger charge is -2.11. The standard InChI is InChI=1S/C17H14F6N2O/c18-16(19,20)11-4-6-13(7-5-11)25-15(26)8-9-24-14-3-1-2-12(10-14)17(21,22)23/h1-7,10,24H,8-9H2,(H,25,26). The number of alkyl halides is 6. The number of rotatable bonds is 5. The molecule has 2 rings (SSSR count). The van der Waals surface area contributed by atoms with Crippen LogP contribution in [0.15, 0.2) is 48.5 Å². The first-order chi connectivity index (χ1) is 12.1. The second kappa shape index (κ2) is 7.67. The fourth-order valence-corrected chi connectivity index (χ4v) is 2.09. The van der Waals surface area contributed by atoms with Gasteiger partial charge in [0, 0.05) is 24.3 Å². The van der Waals surface area contributed by atoms with Crippen LogP contribution in [-0.2, 0) is 17.1 Å². The summed E-state index contributed by atoms with van der Waals surface area (Å²) in [6.07, 6.45) is -8.99. The van der Waals surface area contributed by atoms with Crippen molar-refractivity contribution in [1.29, 1.82) is 0 Å². The van der Waals surface area contributed by atoms with Gasteiger partial charge in [0.15, 0.2) is 0 Å². The van der Waals surface area contributed by atoms with Crippen LogP contribution in [0.3, 0.4) is 0 Å². The van der Waals surface area contributed by atoms with Crippen LogP contribution in [0.25, 0.3) is 0 Å². The molecule has 0 heterocycles. The summed E-state index contributed by atoms with van der Waals surface area (Å²) < 4.78 is 75.1. The van der Waals surface area contributed by atoms with E-state index in [-0.39, 0.29) is 24.3 Å². The lowest BCUT2D eigenvalue weighted by atomic mass is 10.2. The van der Waals surface area contributed by atoms with Crippen molar-refractivity contribution in [1.82, 2.24) is 0 Å².